The van der Waals surface area contributed by atoms with Gasteiger partial charge in [-0.3, -0.25) is 0 Å². The number of hydrogen-bond acceptors (Lipinski definition) is 10. The molecule has 1 unspecified atom stereocenters. The van der Waals surface area contributed by atoms with Crippen LogP contribution < -0.4 is 5.14 Å². The molecule has 2 N–H and O–H groups in total. The highest BCUT2D eigenvalue weighted by Crippen LogP contribution is 2.41. The molecule has 1 atom stereocenters. The van der Waals surface area contributed by atoms with Crippen LogP contribution in [0.5, 0.6) is 0 Å². The molecular formula is C3H2N4O7S2. The summed E-state index contributed by atoms with van der Waals surface area (Å²) in [5.74, 6) is 0. The Bertz CT molecular complexity index is 499. The molecular weight excluding hydrogens is 268 g/mol. The summed E-state index contributed by atoms with van der Waals surface area (Å²) in [6.45, 7) is 0. The van der Waals surface area contributed by atoms with Crippen LogP contribution in [0.4, 0.5) is 4.79 Å². The summed E-state index contributed by atoms with van der Waals surface area (Å²) in [7, 11) is -9.66. The second-order valence-electron chi connectivity index (χ2n) is 1.85. The molecule has 0 aromatic heterocycles. The van der Waals surface area contributed by atoms with Gasteiger partial charge in [-0.15, -0.1) is 8.89 Å². The van der Waals surface area contributed by atoms with Crippen molar-refractivity contribution < 1.29 is 25.9 Å². The Kier molecular flexibility index (Phi) is 4.16. The first-order valence-corrected chi connectivity index (χ1v) is 5.90. The normalized spacial score (nSPS) is 15.9. The molecule has 88 valence electrons. The standard InChI is InChI=1S/C3H2N4O7S2/c4-1-13-3(8)16(11,12)14-15(6,2-5)7(9)10/h6H2. The van der Waals surface area contributed by atoms with Crippen LogP contribution in [0, 0.1) is 32.3 Å². The van der Waals surface area contributed by atoms with E-state index in [-0.39, 0.29) is 0 Å². The largest absolute Gasteiger partial charge is 0.468 e. The van der Waals surface area contributed by atoms with E-state index >= 15 is 0 Å². The van der Waals surface area contributed by atoms with Crippen molar-refractivity contribution in [1.82, 2.24) is 0 Å². The third-order valence-electron chi connectivity index (χ3n) is 0.879. The minimum atomic E-state index is -5.27. The zero-order valence-electron chi connectivity index (χ0n) is 7.09. The van der Waals surface area contributed by atoms with Gasteiger partial charge in [-0.2, -0.15) is 13.7 Å². The van der Waals surface area contributed by atoms with Gasteiger partial charge in [-0.25, -0.2) is 20.0 Å². The Morgan fingerprint density at radius 2 is 1.94 bits per heavy atom. The highest BCUT2D eigenvalue weighted by molar-refractivity contribution is 8.31. The maximum Gasteiger partial charge on any atom is 0.468 e. The summed E-state index contributed by atoms with van der Waals surface area (Å²) in [5.41, 5.74) is 0. The van der Waals surface area contributed by atoms with Gasteiger partial charge < -0.3 is 4.74 Å². The first-order valence-electron chi connectivity index (χ1n) is 2.92. The van der Waals surface area contributed by atoms with Crippen molar-refractivity contribution in [2.24, 2.45) is 5.14 Å². The number of nitrogens with two attached hydrogens (primary N) is 1. The van der Waals surface area contributed by atoms with E-state index < -0.39 is 30.4 Å². The summed E-state index contributed by atoms with van der Waals surface area (Å²) >= 11 is 0. The summed E-state index contributed by atoms with van der Waals surface area (Å²) in [4.78, 5) is 20.7. The molecule has 16 heavy (non-hydrogen) atoms. The van der Waals surface area contributed by atoms with Crippen LogP contribution in [-0.2, 0) is 18.5 Å². The summed E-state index contributed by atoms with van der Waals surface area (Å²) in [6.07, 6.45) is 0.714. The Morgan fingerprint density at radius 1 is 1.44 bits per heavy atom. The van der Waals surface area contributed by atoms with Crippen LogP contribution in [0.3, 0.4) is 0 Å². The third-order valence-corrected chi connectivity index (χ3v) is 3.62. The van der Waals surface area contributed by atoms with Gasteiger partial charge in [0, 0.05) is 0 Å². The molecule has 0 aliphatic heterocycles. The minimum absolute atomic E-state index is 0.714. The monoisotopic (exact) mass is 270 g/mol. The maximum atomic E-state index is 10.8. The number of rotatable bonds is 3. The van der Waals surface area contributed by atoms with Gasteiger partial charge in [0.1, 0.15) is 4.33 Å². The van der Waals surface area contributed by atoms with Crippen molar-refractivity contribution in [2.75, 3.05) is 0 Å². The Morgan fingerprint density at radius 3 is 2.25 bits per heavy atom. The predicted octanol–water partition coefficient (Wildman–Crippen LogP) is -0.783. The van der Waals surface area contributed by atoms with Crippen LogP contribution in [0.15, 0.2) is 0 Å². The number of thiocyanates is 1. The van der Waals surface area contributed by atoms with E-state index in [0.29, 0.717) is 6.26 Å². The second-order valence-corrected chi connectivity index (χ2v) is 5.25. The smallest absolute Gasteiger partial charge is 0.337 e. The van der Waals surface area contributed by atoms with E-state index in [1.807, 2.05) is 0 Å². The molecule has 0 spiro atoms. The molecule has 0 saturated carbocycles. The molecule has 13 heteroatoms. The molecule has 0 heterocycles. The number of carbonyl (C=O) groups is 1. The molecule has 0 radical (unpaired) electrons. The fraction of sp³-hybridized carbons (Fsp3) is 0. The molecule has 0 fully saturated rings. The van der Waals surface area contributed by atoms with E-state index in [1.54, 1.807) is 0 Å². The predicted molar refractivity (Wildman–Crippen MR) is 46.5 cm³/mol. The Labute approximate surface area is 90.0 Å². The van der Waals surface area contributed by atoms with Gasteiger partial charge in [0.05, 0.1) is 0 Å². The van der Waals surface area contributed by atoms with Crippen molar-refractivity contribution >= 4 is 26.1 Å². The van der Waals surface area contributed by atoms with E-state index in [4.69, 9.17) is 15.7 Å². The lowest BCUT2D eigenvalue weighted by Gasteiger charge is -2.13. The SMILES string of the molecule is N#COC(=O)S(=O)(=O)OS(N)(C#N)[N+](=O)[O-]. The summed E-state index contributed by atoms with van der Waals surface area (Å²) < 4.78 is 27.1. The Hall–Kier alpha value is -1.93. The minimum Gasteiger partial charge on any atom is -0.337 e. The lowest BCUT2D eigenvalue weighted by Crippen LogP contribution is -2.27. The first kappa shape index (κ1) is 14.1. The fourth-order valence-electron chi connectivity index (χ4n) is 0.326. The topological polar surface area (TPSA) is 186 Å². The molecule has 0 aliphatic rings. The highest BCUT2D eigenvalue weighted by atomic mass is 32.3. The van der Waals surface area contributed by atoms with Crippen LogP contribution in [-0.4, -0.2) is 18.0 Å². The molecule has 0 saturated heterocycles. The molecule has 0 aromatic carbocycles. The maximum absolute atomic E-state index is 10.8. The average Bonchev–Trinajstić information content (AvgIpc) is 2.17. The zero-order chi connectivity index (χ0) is 13.0. The van der Waals surface area contributed by atoms with Crippen LogP contribution in [0.25, 0.3) is 0 Å². The van der Waals surface area contributed by atoms with Gasteiger partial charge in [-0.1, -0.05) is 0 Å². The van der Waals surface area contributed by atoms with Crippen molar-refractivity contribution in [2.45, 2.75) is 0 Å². The van der Waals surface area contributed by atoms with Crippen molar-refractivity contribution in [3.05, 3.63) is 10.1 Å². The summed E-state index contributed by atoms with van der Waals surface area (Å²) in [6, 6.07) is 0. The van der Waals surface area contributed by atoms with E-state index in [9.17, 15) is 23.3 Å². The number of ether oxygens (including phenoxy) is 1. The highest BCUT2D eigenvalue weighted by Gasteiger charge is 2.44. The number of carbonyl (C=O) groups excluding carboxylic acids is 1. The second kappa shape index (κ2) is 4.73. The summed E-state index contributed by atoms with van der Waals surface area (Å²) in [5, 5.41) is 29.6. The van der Waals surface area contributed by atoms with Crippen molar-refractivity contribution in [1.29, 1.82) is 10.5 Å². The number of nitriles is 2. The van der Waals surface area contributed by atoms with Gasteiger partial charge in [-0.05, 0) is 0 Å². The zero-order valence-corrected chi connectivity index (χ0v) is 8.73. The lowest BCUT2D eigenvalue weighted by atomic mass is 11.4. The van der Waals surface area contributed by atoms with E-state index in [1.165, 1.54) is 0 Å². The third kappa shape index (κ3) is 3.04. The van der Waals surface area contributed by atoms with Gasteiger partial charge in [0.2, 0.25) is 5.40 Å². The number of nitro groups is 1. The van der Waals surface area contributed by atoms with Crippen molar-refractivity contribution in [3.63, 3.8) is 0 Å². The molecule has 0 amide bonds. The van der Waals surface area contributed by atoms with Crippen LogP contribution >= 0.6 is 10.7 Å². The molecule has 11 nitrogen and oxygen atoms in total. The van der Waals surface area contributed by atoms with Crippen LogP contribution in [0.1, 0.15) is 0 Å². The quantitative estimate of drug-likeness (QED) is 0.294. The van der Waals surface area contributed by atoms with Crippen LogP contribution in [0.2, 0.25) is 0 Å². The molecule has 0 aromatic rings. The fourth-order valence-corrected chi connectivity index (χ4v) is 2.17. The van der Waals surface area contributed by atoms with Gasteiger partial charge >= 0.3 is 26.1 Å². The number of nitrogens with zero attached hydrogens (tertiary/aromatic N) is 3. The molecule has 0 rings (SSSR count). The molecule has 0 bridgehead atoms. The van der Waals surface area contributed by atoms with Gasteiger partial charge in [0.15, 0.2) is 0 Å². The van der Waals surface area contributed by atoms with Crippen molar-refractivity contribution in [3.8, 4) is 11.7 Å². The van der Waals surface area contributed by atoms with Gasteiger partial charge in [0.25, 0.3) is 6.26 Å². The van der Waals surface area contributed by atoms with E-state index in [2.05, 4.69) is 8.37 Å². The lowest BCUT2D eigenvalue weighted by molar-refractivity contribution is -0.303. The number of hydrogen-bond donors (Lipinski definition) is 1. The first-order chi connectivity index (χ1) is 7.19. The van der Waals surface area contributed by atoms with E-state index in [0.717, 1.165) is 5.40 Å². The average molecular weight is 270 g/mol. The molecule has 0 aliphatic carbocycles. The Balaban J connectivity index is 5.15.